The van der Waals surface area contributed by atoms with E-state index < -0.39 is 10.0 Å². The fraction of sp³-hybridized carbons (Fsp3) is 0.0769. The molecule has 0 amide bonds. The van der Waals surface area contributed by atoms with Crippen molar-refractivity contribution in [2.45, 2.75) is 4.90 Å². The minimum Gasteiger partial charge on any atom is -0.497 e. The Bertz CT molecular complexity index is 729. The molecule has 0 bridgehead atoms. The van der Waals surface area contributed by atoms with Crippen molar-refractivity contribution in [1.82, 2.24) is 0 Å². The second-order valence-corrected chi connectivity index (χ2v) is 5.71. The third kappa shape index (κ3) is 3.19. The Morgan fingerprint density at radius 1 is 1.15 bits per heavy atom. The highest BCUT2D eigenvalue weighted by Crippen LogP contribution is 2.27. The maximum atomic E-state index is 11.3. The van der Waals surface area contributed by atoms with Gasteiger partial charge in [-0.2, -0.15) is 0 Å². The van der Waals surface area contributed by atoms with Crippen molar-refractivity contribution in [3.8, 4) is 5.75 Å². The van der Waals surface area contributed by atoms with Gasteiger partial charge in [-0.15, -0.1) is 0 Å². The molecule has 6 nitrogen and oxygen atoms in total. The summed E-state index contributed by atoms with van der Waals surface area (Å²) in [6, 6.07) is 11.4. The minimum absolute atomic E-state index is 0.00269. The van der Waals surface area contributed by atoms with Gasteiger partial charge in [0.05, 0.1) is 23.4 Å². The van der Waals surface area contributed by atoms with Crippen molar-refractivity contribution in [3.05, 3.63) is 42.5 Å². The maximum absolute atomic E-state index is 11.3. The van der Waals surface area contributed by atoms with E-state index >= 15 is 0 Å². The van der Waals surface area contributed by atoms with Crippen LogP contribution in [0, 0.1) is 0 Å². The molecule has 0 saturated heterocycles. The first-order chi connectivity index (χ1) is 9.40. The molecule has 2 rings (SSSR count). The van der Waals surface area contributed by atoms with E-state index in [9.17, 15) is 8.42 Å². The van der Waals surface area contributed by atoms with Gasteiger partial charge in [-0.3, -0.25) is 0 Å². The van der Waals surface area contributed by atoms with Crippen molar-refractivity contribution in [2.24, 2.45) is 5.14 Å². The number of primary sulfonamides is 1. The minimum atomic E-state index is -3.77. The Kier molecular flexibility index (Phi) is 3.82. The third-order valence-electron chi connectivity index (χ3n) is 2.70. The predicted molar refractivity (Wildman–Crippen MR) is 78.5 cm³/mol. The van der Waals surface area contributed by atoms with Gasteiger partial charge in [0.1, 0.15) is 5.75 Å². The van der Waals surface area contributed by atoms with Crippen LogP contribution in [-0.4, -0.2) is 15.5 Å². The lowest BCUT2D eigenvalue weighted by Gasteiger charge is -2.11. The Morgan fingerprint density at radius 3 is 2.55 bits per heavy atom. The number of hydrogen-bond donors (Lipinski definition) is 3. The van der Waals surface area contributed by atoms with E-state index in [-0.39, 0.29) is 4.90 Å². The molecule has 106 valence electrons. The number of ether oxygens (including phenoxy) is 1. The molecule has 0 aliphatic carbocycles. The number of nitrogens with two attached hydrogens (primary N) is 2. The highest BCUT2D eigenvalue weighted by atomic mass is 32.2. The van der Waals surface area contributed by atoms with Crippen LogP contribution in [0.5, 0.6) is 5.75 Å². The van der Waals surface area contributed by atoms with E-state index in [4.69, 9.17) is 15.6 Å². The van der Waals surface area contributed by atoms with Gasteiger partial charge < -0.3 is 15.8 Å². The molecular weight excluding hydrogens is 278 g/mol. The molecule has 0 aromatic heterocycles. The standard InChI is InChI=1S/C13H15N3O3S/c1-19-10-4-2-3-9(7-10)16-13-8-11(20(15,17)18)5-6-12(13)14/h2-8,16H,14H2,1H3,(H2,15,17,18). The third-order valence-corrected chi connectivity index (χ3v) is 3.61. The van der Waals surface area contributed by atoms with Crippen LogP contribution in [-0.2, 0) is 10.0 Å². The zero-order valence-electron chi connectivity index (χ0n) is 10.8. The van der Waals surface area contributed by atoms with Crippen LogP contribution in [0.25, 0.3) is 0 Å². The van der Waals surface area contributed by atoms with Gasteiger partial charge in [-0.1, -0.05) is 6.07 Å². The number of nitrogens with one attached hydrogen (secondary N) is 1. The molecule has 0 unspecified atom stereocenters. The molecule has 2 aromatic carbocycles. The summed E-state index contributed by atoms with van der Waals surface area (Å²) in [6.45, 7) is 0. The molecule has 0 aliphatic rings. The molecule has 2 aromatic rings. The first-order valence-corrected chi connectivity index (χ1v) is 7.28. The van der Waals surface area contributed by atoms with Crippen molar-refractivity contribution < 1.29 is 13.2 Å². The topological polar surface area (TPSA) is 107 Å². The fourth-order valence-corrected chi connectivity index (χ4v) is 2.22. The van der Waals surface area contributed by atoms with E-state index in [2.05, 4.69) is 5.32 Å². The van der Waals surface area contributed by atoms with E-state index in [1.807, 2.05) is 6.07 Å². The Balaban J connectivity index is 2.37. The zero-order valence-corrected chi connectivity index (χ0v) is 11.6. The first kappa shape index (κ1) is 14.2. The first-order valence-electron chi connectivity index (χ1n) is 5.73. The van der Waals surface area contributed by atoms with Crippen LogP contribution in [0.1, 0.15) is 0 Å². The summed E-state index contributed by atoms with van der Waals surface area (Å²) >= 11 is 0. The predicted octanol–water partition coefficient (Wildman–Crippen LogP) is 1.67. The van der Waals surface area contributed by atoms with Crippen molar-refractivity contribution in [3.63, 3.8) is 0 Å². The summed E-state index contributed by atoms with van der Waals surface area (Å²) in [5.41, 5.74) is 7.43. The summed E-state index contributed by atoms with van der Waals surface area (Å²) in [6.07, 6.45) is 0. The largest absolute Gasteiger partial charge is 0.497 e. The highest BCUT2D eigenvalue weighted by Gasteiger charge is 2.10. The summed E-state index contributed by atoms with van der Waals surface area (Å²) in [7, 11) is -2.20. The van der Waals surface area contributed by atoms with Crippen LogP contribution in [0.3, 0.4) is 0 Å². The maximum Gasteiger partial charge on any atom is 0.238 e. The Morgan fingerprint density at radius 2 is 1.90 bits per heavy atom. The van der Waals surface area contributed by atoms with Gasteiger partial charge in [0.2, 0.25) is 10.0 Å². The molecule has 0 aliphatic heterocycles. The number of benzene rings is 2. The molecule has 20 heavy (non-hydrogen) atoms. The van der Waals surface area contributed by atoms with Crippen LogP contribution in [0.2, 0.25) is 0 Å². The second-order valence-electron chi connectivity index (χ2n) is 4.15. The average Bonchev–Trinajstić information content (AvgIpc) is 2.40. The summed E-state index contributed by atoms with van der Waals surface area (Å²) < 4.78 is 27.8. The van der Waals surface area contributed by atoms with Gasteiger partial charge in [0.25, 0.3) is 0 Å². The quantitative estimate of drug-likeness (QED) is 0.743. The molecular formula is C13H15N3O3S. The lowest BCUT2D eigenvalue weighted by atomic mass is 10.2. The van der Waals surface area contributed by atoms with Crippen molar-refractivity contribution in [1.29, 1.82) is 0 Å². The second kappa shape index (κ2) is 5.40. The molecule has 0 heterocycles. The highest BCUT2D eigenvalue weighted by molar-refractivity contribution is 7.89. The molecule has 5 N–H and O–H groups in total. The Labute approximate surface area is 117 Å². The summed E-state index contributed by atoms with van der Waals surface area (Å²) in [5, 5.41) is 8.13. The van der Waals surface area contributed by atoms with Crippen molar-refractivity contribution >= 4 is 27.1 Å². The summed E-state index contributed by atoms with van der Waals surface area (Å²) in [5.74, 6) is 0.677. The molecule has 0 radical (unpaired) electrons. The number of methoxy groups -OCH3 is 1. The number of rotatable bonds is 4. The fourth-order valence-electron chi connectivity index (χ4n) is 1.68. The van der Waals surface area contributed by atoms with Crippen LogP contribution >= 0.6 is 0 Å². The lowest BCUT2D eigenvalue weighted by molar-refractivity contribution is 0.415. The number of nitrogen functional groups attached to an aromatic ring is 1. The number of hydrogen-bond acceptors (Lipinski definition) is 5. The number of anilines is 3. The van der Waals surface area contributed by atoms with E-state index in [0.29, 0.717) is 17.1 Å². The average molecular weight is 293 g/mol. The lowest BCUT2D eigenvalue weighted by Crippen LogP contribution is -2.12. The van der Waals surface area contributed by atoms with E-state index in [0.717, 1.165) is 5.69 Å². The van der Waals surface area contributed by atoms with Crippen molar-refractivity contribution in [2.75, 3.05) is 18.2 Å². The molecule has 0 fully saturated rings. The Hall–Kier alpha value is -2.25. The molecule has 0 atom stereocenters. The molecule has 7 heteroatoms. The van der Waals surface area contributed by atoms with Gasteiger partial charge >= 0.3 is 0 Å². The van der Waals surface area contributed by atoms with Gasteiger partial charge in [0.15, 0.2) is 0 Å². The van der Waals surface area contributed by atoms with Gasteiger partial charge in [-0.25, -0.2) is 13.6 Å². The summed E-state index contributed by atoms with van der Waals surface area (Å²) in [4.78, 5) is -0.00269. The van der Waals surface area contributed by atoms with Crippen LogP contribution < -0.4 is 20.9 Å². The van der Waals surface area contributed by atoms with E-state index in [1.54, 1.807) is 25.3 Å². The normalized spacial score (nSPS) is 11.1. The SMILES string of the molecule is COc1cccc(Nc2cc(S(N)(=O)=O)ccc2N)c1. The smallest absolute Gasteiger partial charge is 0.238 e. The van der Waals surface area contributed by atoms with Crippen LogP contribution in [0.15, 0.2) is 47.4 Å². The monoisotopic (exact) mass is 293 g/mol. The van der Waals surface area contributed by atoms with Crippen LogP contribution in [0.4, 0.5) is 17.1 Å². The zero-order chi connectivity index (χ0) is 14.8. The van der Waals surface area contributed by atoms with Gasteiger partial charge in [-0.05, 0) is 30.3 Å². The number of sulfonamides is 1. The molecule has 0 spiro atoms. The molecule has 0 saturated carbocycles. The van der Waals surface area contributed by atoms with Gasteiger partial charge in [0, 0.05) is 11.8 Å². The van der Waals surface area contributed by atoms with E-state index in [1.165, 1.54) is 18.2 Å².